The average Bonchev–Trinajstić information content (AvgIpc) is 2.95. The number of hydrogen-bond donors (Lipinski definition) is 2. The molecular formula is C18H13N5O3. The number of aromatic nitrogens is 3. The van der Waals surface area contributed by atoms with Crippen LogP contribution in [0, 0.1) is 0 Å². The number of rotatable bonds is 4. The summed E-state index contributed by atoms with van der Waals surface area (Å²) >= 11 is 0. The quantitative estimate of drug-likeness (QED) is 0.430. The Kier molecular flexibility index (Phi) is 3.77. The molecule has 8 nitrogen and oxygen atoms in total. The highest BCUT2D eigenvalue weighted by Gasteiger charge is 2.30. The van der Waals surface area contributed by atoms with Crippen LogP contribution in [0.4, 0.5) is 5.95 Å². The van der Waals surface area contributed by atoms with Gasteiger partial charge in [-0.2, -0.15) is 5.10 Å². The molecule has 0 aliphatic heterocycles. The van der Waals surface area contributed by atoms with E-state index in [-0.39, 0.29) is 23.2 Å². The Bertz CT molecular complexity index is 1050. The molecule has 0 bridgehead atoms. The van der Waals surface area contributed by atoms with E-state index in [0.717, 1.165) is 5.56 Å². The summed E-state index contributed by atoms with van der Waals surface area (Å²) in [7, 11) is 1.47. The monoisotopic (exact) mass is 347 g/mol. The molecule has 3 aromatic rings. The Labute approximate surface area is 148 Å². The summed E-state index contributed by atoms with van der Waals surface area (Å²) in [6.07, 6.45) is 1.48. The topological polar surface area (TPSA) is 110 Å². The molecule has 1 aromatic heterocycles. The van der Waals surface area contributed by atoms with Gasteiger partial charge in [0.05, 0.1) is 13.3 Å². The minimum Gasteiger partial charge on any atom is -0.504 e. The van der Waals surface area contributed by atoms with Crippen LogP contribution in [-0.4, -0.2) is 39.4 Å². The minimum atomic E-state index is -0.183. The standard InChI is InChI=1S/C18H13N5O3/c1-26-14-7-6-10(8-13(14)24)9-19-22-18-20-16-15(21-23-18)11-4-2-3-5-12(11)17(16)25/h2-9,24H,1H3,(H,20,22,23). The summed E-state index contributed by atoms with van der Waals surface area (Å²) < 4.78 is 4.98. The molecule has 0 radical (unpaired) electrons. The van der Waals surface area contributed by atoms with Crippen LogP contribution in [0.5, 0.6) is 11.5 Å². The number of nitrogens with zero attached hydrogens (tertiary/aromatic N) is 4. The van der Waals surface area contributed by atoms with Crippen LogP contribution < -0.4 is 10.2 Å². The summed E-state index contributed by atoms with van der Waals surface area (Å²) in [4.78, 5) is 16.6. The van der Waals surface area contributed by atoms with Crippen molar-refractivity contribution in [3.63, 3.8) is 0 Å². The molecule has 4 rings (SSSR count). The lowest BCUT2D eigenvalue weighted by molar-refractivity contribution is 0.103. The number of ether oxygens (including phenoxy) is 1. The van der Waals surface area contributed by atoms with Crippen molar-refractivity contribution in [3.8, 4) is 22.8 Å². The number of benzene rings is 2. The number of carbonyl (C=O) groups is 1. The number of aromatic hydroxyl groups is 1. The lowest BCUT2D eigenvalue weighted by atomic mass is 10.1. The molecule has 0 fully saturated rings. The van der Waals surface area contributed by atoms with Crippen molar-refractivity contribution in [2.24, 2.45) is 5.10 Å². The first-order valence-corrected chi connectivity index (χ1v) is 7.72. The zero-order valence-electron chi connectivity index (χ0n) is 13.7. The molecule has 128 valence electrons. The summed E-state index contributed by atoms with van der Waals surface area (Å²) in [5, 5.41) is 21.8. The van der Waals surface area contributed by atoms with Crippen molar-refractivity contribution in [3.05, 3.63) is 59.3 Å². The van der Waals surface area contributed by atoms with Gasteiger partial charge < -0.3 is 9.84 Å². The summed E-state index contributed by atoms with van der Waals surface area (Å²) in [5.74, 6) is 0.311. The number of nitrogens with one attached hydrogen (secondary N) is 1. The van der Waals surface area contributed by atoms with Gasteiger partial charge in [0.2, 0.25) is 5.78 Å². The predicted octanol–water partition coefficient (Wildman–Crippen LogP) is 2.24. The maximum Gasteiger partial charge on any atom is 0.263 e. The van der Waals surface area contributed by atoms with Crippen molar-refractivity contribution in [1.29, 1.82) is 0 Å². The van der Waals surface area contributed by atoms with Crippen LogP contribution in [0.3, 0.4) is 0 Å². The van der Waals surface area contributed by atoms with Crippen molar-refractivity contribution < 1.29 is 14.6 Å². The maximum absolute atomic E-state index is 12.4. The van der Waals surface area contributed by atoms with E-state index in [1.165, 1.54) is 19.4 Å². The number of anilines is 1. The molecule has 1 heterocycles. The summed E-state index contributed by atoms with van der Waals surface area (Å²) in [5.41, 5.74) is 5.31. The molecule has 1 aliphatic carbocycles. The second-order valence-corrected chi connectivity index (χ2v) is 5.51. The van der Waals surface area contributed by atoms with Crippen LogP contribution in [0.1, 0.15) is 21.6 Å². The molecule has 0 amide bonds. The fourth-order valence-electron chi connectivity index (χ4n) is 2.68. The first-order chi connectivity index (χ1) is 12.7. The highest BCUT2D eigenvalue weighted by atomic mass is 16.5. The van der Waals surface area contributed by atoms with Gasteiger partial charge in [0.15, 0.2) is 11.5 Å². The zero-order chi connectivity index (χ0) is 18.1. The maximum atomic E-state index is 12.4. The van der Waals surface area contributed by atoms with Gasteiger partial charge >= 0.3 is 0 Å². The van der Waals surface area contributed by atoms with Crippen molar-refractivity contribution >= 4 is 17.9 Å². The minimum absolute atomic E-state index is 0.00950. The number of phenolic OH excluding ortho intramolecular Hbond substituents is 1. The van der Waals surface area contributed by atoms with E-state index in [2.05, 4.69) is 25.7 Å². The van der Waals surface area contributed by atoms with Crippen LogP contribution in [0.15, 0.2) is 47.6 Å². The lowest BCUT2D eigenvalue weighted by Crippen LogP contribution is -2.05. The third kappa shape index (κ3) is 2.63. The average molecular weight is 347 g/mol. The fraction of sp³-hybridized carbons (Fsp3) is 0.0556. The van der Waals surface area contributed by atoms with E-state index < -0.39 is 0 Å². The Morgan fingerprint density at radius 1 is 1.12 bits per heavy atom. The lowest BCUT2D eigenvalue weighted by Gasteiger charge is -2.03. The van der Waals surface area contributed by atoms with Crippen LogP contribution in [-0.2, 0) is 0 Å². The summed E-state index contributed by atoms with van der Waals surface area (Å²) in [6.45, 7) is 0. The largest absolute Gasteiger partial charge is 0.504 e. The molecule has 0 saturated carbocycles. The van der Waals surface area contributed by atoms with E-state index in [9.17, 15) is 9.90 Å². The van der Waals surface area contributed by atoms with Gasteiger partial charge in [-0.15, -0.1) is 10.2 Å². The molecular weight excluding hydrogens is 334 g/mol. The first-order valence-electron chi connectivity index (χ1n) is 7.72. The number of ketones is 1. The van der Waals surface area contributed by atoms with E-state index in [0.29, 0.717) is 22.6 Å². The highest BCUT2D eigenvalue weighted by molar-refractivity contribution is 6.19. The molecule has 0 unspecified atom stereocenters. The van der Waals surface area contributed by atoms with Gasteiger partial charge in [0, 0.05) is 11.1 Å². The normalized spacial score (nSPS) is 12.1. The number of hydrogen-bond acceptors (Lipinski definition) is 8. The number of methoxy groups -OCH3 is 1. The van der Waals surface area contributed by atoms with E-state index in [4.69, 9.17) is 4.74 Å². The Morgan fingerprint density at radius 3 is 2.69 bits per heavy atom. The van der Waals surface area contributed by atoms with Crippen LogP contribution >= 0.6 is 0 Å². The number of fused-ring (bicyclic) bond motifs is 3. The molecule has 1 aliphatic rings. The number of hydrazone groups is 1. The first kappa shape index (κ1) is 15.7. The molecule has 0 spiro atoms. The third-order valence-corrected chi connectivity index (χ3v) is 3.91. The van der Waals surface area contributed by atoms with Gasteiger partial charge in [-0.1, -0.05) is 24.3 Å². The van der Waals surface area contributed by atoms with Gasteiger partial charge in [0.1, 0.15) is 11.4 Å². The molecule has 26 heavy (non-hydrogen) atoms. The second-order valence-electron chi connectivity index (χ2n) is 5.51. The highest BCUT2D eigenvalue weighted by Crippen LogP contribution is 2.33. The fourth-order valence-corrected chi connectivity index (χ4v) is 2.68. The molecule has 2 N–H and O–H groups in total. The van der Waals surface area contributed by atoms with Crippen molar-refractivity contribution in [2.45, 2.75) is 0 Å². The van der Waals surface area contributed by atoms with Gasteiger partial charge in [-0.05, 0) is 23.8 Å². The van der Waals surface area contributed by atoms with E-state index >= 15 is 0 Å². The zero-order valence-corrected chi connectivity index (χ0v) is 13.7. The van der Waals surface area contributed by atoms with E-state index in [1.807, 2.05) is 12.1 Å². The SMILES string of the molecule is COc1ccc(C=NNc2nnc3c(n2)C(=O)c2ccccc2-3)cc1O. The van der Waals surface area contributed by atoms with Crippen LogP contribution in [0.2, 0.25) is 0 Å². The number of phenols is 1. The smallest absolute Gasteiger partial charge is 0.263 e. The van der Waals surface area contributed by atoms with Gasteiger partial charge in [0.25, 0.3) is 5.95 Å². The van der Waals surface area contributed by atoms with Gasteiger partial charge in [-0.25, -0.2) is 10.4 Å². The van der Waals surface area contributed by atoms with Crippen LogP contribution in [0.25, 0.3) is 11.3 Å². The second kappa shape index (κ2) is 6.25. The Morgan fingerprint density at radius 2 is 1.92 bits per heavy atom. The molecule has 8 heteroatoms. The summed E-state index contributed by atoms with van der Waals surface area (Å²) in [6, 6.07) is 12.0. The number of carbonyl (C=O) groups excluding carboxylic acids is 1. The molecule has 2 aromatic carbocycles. The Hall–Kier alpha value is -3.81. The third-order valence-electron chi connectivity index (χ3n) is 3.91. The predicted molar refractivity (Wildman–Crippen MR) is 94.6 cm³/mol. The van der Waals surface area contributed by atoms with Crippen molar-refractivity contribution in [1.82, 2.24) is 15.2 Å². The van der Waals surface area contributed by atoms with Crippen molar-refractivity contribution in [2.75, 3.05) is 12.5 Å². The molecule has 0 saturated heterocycles. The van der Waals surface area contributed by atoms with Gasteiger partial charge in [-0.3, -0.25) is 4.79 Å². The van der Waals surface area contributed by atoms with E-state index in [1.54, 1.807) is 24.3 Å². The Balaban J connectivity index is 1.54. The molecule has 0 atom stereocenters.